The van der Waals surface area contributed by atoms with Gasteiger partial charge in [-0.15, -0.1) is 0 Å². The van der Waals surface area contributed by atoms with Gasteiger partial charge in [-0.25, -0.2) is 9.97 Å². The molecule has 2 rings (SSSR count). The van der Waals surface area contributed by atoms with Gasteiger partial charge in [0.25, 0.3) is 0 Å². The molecule has 1 heterocycles. The molecule has 0 aliphatic carbocycles. The third-order valence-electron chi connectivity index (χ3n) is 2.93. The first-order chi connectivity index (χ1) is 8.65. The molecule has 0 atom stereocenters. The summed E-state index contributed by atoms with van der Waals surface area (Å²) in [7, 11) is 0. The lowest BCUT2D eigenvalue weighted by atomic mass is 10.1. The van der Waals surface area contributed by atoms with Gasteiger partial charge in [0.05, 0.1) is 5.69 Å². The Labute approximate surface area is 116 Å². The van der Waals surface area contributed by atoms with Crippen molar-refractivity contribution in [1.29, 1.82) is 0 Å². The maximum Gasteiger partial charge on any atom is 0.159 e. The van der Waals surface area contributed by atoms with Crippen LogP contribution in [0.1, 0.15) is 23.9 Å². The third kappa shape index (κ3) is 2.60. The molecule has 1 aromatic heterocycles. The van der Waals surface area contributed by atoms with E-state index >= 15 is 0 Å². The summed E-state index contributed by atoms with van der Waals surface area (Å²) in [5, 5.41) is 0. The molecule has 4 heteroatoms. The van der Waals surface area contributed by atoms with Crippen molar-refractivity contribution in [3.8, 4) is 11.4 Å². The highest BCUT2D eigenvalue weighted by atomic mass is 79.9. The van der Waals surface area contributed by atoms with Gasteiger partial charge >= 0.3 is 0 Å². The topological polar surface area (TPSA) is 51.8 Å². The van der Waals surface area contributed by atoms with E-state index in [9.17, 15) is 0 Å². The zero-order valence-electron chi connectivity index (χ0n) is 10.6. The van der Waals surface area contributed by atoms with E-state index in [-0.39, 0.29) is 0 Å². The van der Waals surface area contributed by atoms with E-state index in [1.807, 2.05) is 31.2 Å². The fourth-order valence-corrected chi connectivity index (χ4v) is 2.44. The van der Waals surface area contributed by atoms with Crippen LogP contribution in [0.5, 0.6) is 0 Å². The van der Waals surface area contributed by atoms with E-state index in [2.05, 4.69) is 32.8 Å². The van der Waals surface area contributed by atoms with E-state index < -0.39 is 0 Å². The number of rotatable bonds is 3. The Bertz CT molecular complexity index is 567. The minimum absolute atomic E-state index is 0.452. The molecule has 18 heavy (non-hydrogen) atoms. The smallest absolute Gasteiger partial charge is 0.159 e. The number of benzene rings is 1. The van der Waals surface area contributed by atoms with Crippen LogP contribution in [0.25, 0.3) is 11.4 Å². The number of hydrogen-bond acceptors (Lipinski definition) is 3. The van der Waals surface area contributed by atoms with Gasteiger partial charge in [0.1, 0.15) is 0 Å². The Kier molecular flexibility index (Phi) is 4.09. The van der Waals surface area contributed by atoms with Crippen molar-refractivity contribution in [3.63, 3.8) is 0 Å². The molecule has 0 saturated heterocycles. The minimum Gasteiger partial charge on any atom is -0.325 e. The zero-order valence-corrected chi connectivity index (χ0v) is 12.2. The molecule has 2 N–H and O–H groups in total. The fraction of sp³-hybridized carbons (Fsp3) is 0.286. The van der Waals surface area contributed by atoms with Crippen LogP contribution >= 0.6 is 15.9 Å². The second-order valence-corrected chi connectivity index (χ2v) is 5.04. The molecular weight excluding hydrogens is 290 g/mol. The Morgan fingerprint density at radius 3 is 2.67 bits per heavy atom. The molecule has 1 aromatic carbocycles. The first-order valence-corrected chi connectivity index (χ1v) is 6.77. The molecule has 3 nitrogen and oxygen atoms in total. The van der Waals surface area contributed by atoms with Crippen LogP contribution in [0.15, 0.2) is 28.7 Å². The summed E-state index contributed by atoms with van der Waals surface area (Å²) < 4.78 is 1.02. The van der Waals surface area contributed by atoms with Crippen molar-refractivity contribution in [3.05, 3.63) is 45.7 Å². The van der Waals surface area contributed by atoms with Gasteiger partial charge in [-0.1, -0.05) is 35.0 Å². The van der Waals surface area contributed by atoms with E-state index in [4.69, 9.17) is 5.73 Å². The third-order valence-corrected chi connectivity index (χ3v) is 3.42. The van der Waals surface area contributed by atoms with Crippen LogP contribution in [-0.2, 0) is 13.0 Å². The Morgan fingerprint density at radius 1 is 1.28 bits per heavy atom. The number of aromatic nitrogens is 2. The predicted molar refractivity (Wildman–Crippen MR) is 77.2 cm³/mol. The summed E-state index contributed by atoms with van der Waals surface area (Å²) in [6.07, 6.45) is 0.914. The lowest BCUT2D eigenvalue weighted by molar-refractivity contribution is 0.891. The van der Waals surface area contributed by atoms with Crippen molar-refractivity contribution in [2.75, 3.05) is 0 Å². The van der Waals surface area contributed by atoms with Crippen LogP contribution in [0, 0.1) is 6.92 Å². The SMILES string of the molecule is CCc1c(C)nc(-c2cccc(Br)c2)nc1CN. The van der Waals surface area contributed by atoms with Crippen LogP contribution in [0.3, 0.4) is 0 Å². The molecule has 94 valence electrons. The van der Waals surface area contributed by atoms with Crippen LogP contribution in [0.2, 0.25) is 0 Å². The molecule has 0 spiro atoms. The molecule has 0 unspecified atom stereocenters. The average Bonchev–Trinajstić information content (AvgIpc) is 2.37. The number of nitrogens with two attached hydrogens (primary N) is 1. The fourth-order valence-electron chi connectivity index (χ4n) is 2.04. The van der Waals surface area contributed by atoms with E-state index in [0.29, 0.717) is 6.54 Å². The summed E-state index contributed by atoms with van der Waals surface area (Å²) in [5.41, 5.74) is 9.90. The number of hydrogen-bond donors (Lipinski definition) is 1. The van der Waals surface area contributed by atoms with E-state index in [1.165, 1.54) is 0 Å². The highest BCUT2D eigenvalue weighted by Gasteiger charge is 2.10. The summed E-state index contributed by atoms with van der Waals surface area (Å²) >= 11 is 3.46. The van der Waals surface area contributed by atoms with Gasteiger partial charge in [0.15, 0.2) is 5.82 Å². The standard InChI is InChI=1S/C14H16BrN3/c1-3-12-9(2)17-14(18-13(12)8-16)10-5-4-6-11(15)7-10/h4-7H,3,8,16H2,1-2H3. The van der Waals surface area contributed by atoms with Gasteiger partial charge in [0.2, 0.25) is 0 Å². The summed E-state index contributed by atoms with van der Waals surface area (Å²) in [4.78, 5) is 9.15. The largest absolute Gasteiger partial charge is 0.325 e. The number of halogens is 1. The highest BCUT2D eigenvalue weighted by molar-refractivity contribution is 9.10. The summed E-state index contributed by atoms with van der Waals surface area (Å²) in [6, 6.07) is 7.99. The normalized spacial score (nSPS) is 10.7. The lowest BCUT2D eigenvalue weighted by Gasteiger charge is -2.11. The molecule has 0 aliphatic heterocycles. The maximum absolute atomic E-state index is 5.77. The molecular formula is C14H16BrN3. The molecule has 0 amide bonds. The summed E-state index contributed by atoms with van der Waals surface area (Å²) in [6.45, 7) is 4.57. The first-order valence-electron chi connectivity index (χ1n) is 5.98. The van der Waals surface area contributed by atoms with Gasteiger partial charge < -0.3 is 5.73 Å². The maximum atomic E-state index is 5.77. The van der Waals surface area contributed by atoms with Crippen molar-refractivity contribution in [2.24, 2.45) is 5.73 Å². The molecule has 2 aromatic rings. The Balaban J connectivity index is 2.56. The monoisotopic (exact) mass is 305 g/mol. The van der Waals surface area contributed by atoms with Crippen LogP contribution in [0.4, 0.5) is 0 Å². The molecule has 0 aliphatic rings. The second-order valence-electron chi connectivity index (χ2n) is 4.13. The quantitative estimate of drug-likeness (QED) is 0.947. The van der Waals surface area contributed by atoms with Crippen molar-refractivity contribution in [1.82, 2.24) is 9.97 Å². The zero-order chi connectivity index (χ0) is 13.1. The van der Waals surface area contributed by atoms with Gasteiger partial charge in [-0.05, 0) is 31.0 Å². The Morgan fingerprint density at radius 2 is 2.06 bits per heavy atom. The van der Waals surface area contributed by atoms with E-state index in [1.54, 1.807) is 0 Å². The van der Waals surface area contributed by atoms with Crippen LogP contribution in [-0.4, -0.2) is 9.97 Å². The lowest BCUT2D eigenvalue weighted by Crippen LogP contribution is -2.09. The van der Waals surface area contributed by atoms with Gasteiger partial charge in [0, 0.05) is 22.3 Å². The molecule has 0 fully saturated rings. The number of aryl methyl sites for hydroxylation is 1. The molecule has 0 radical (unpaired) electrons. The highest BCUT2D eigenvalue weighted by Crippen LogP contribution is 2.22. The average molecular weight is 306 g/mol. The first kappa shape index (κ1) is 13.2. The van der Waals surface area contributed by atoms with Gasteiger partial charge in [-0.3, -0.25) is 0 Å². The molecule has 0 bridgehead atoms. The van der Waals surface area contributed by atoms with Gasteiger partial charge in [-0.2, -0.15) is 0 Å². The second kappa shape index (κ2) is 5.59. The summed E-state index contributed by atoms with van der Waals surface area (Å²) in [5.74, 6) is 0.742. The Hall–Kier alpha value is -1.26. The van der Waals surface area contributed by atoms with Crippen molar-refractivity contribution in [2.45, 2.75) is 26.8 Å². The number of nitrogens with zero attached hydrogens (tertiary/aromatic N) is 2. The van der Waals surface area contributed by atoms with Crippen molar-refractivity contribution >= 4 is 15.9 Å². The van der Waals surface area contributed by atoms with E-state index in [0.717, 1.165) is 39.2 Å². The minimum atomic E-state index is 0.452. The predicted octanol–water partition coefficient (Wildman–Crippen LogP) is 3.24. The van der Waals surface area contributed by atoms with Crippen LogP contribution < -0.4 is 5.73 Å². The van der Waals surface area contributed by atoms with Crippen molar-refractivity contribution < 1.29 is 0 Å². The molecule has 0 saturated carbocycles.